The summed E-state index contributed by atoms with van der Waals surface area (Å²) in [5.41, 5.74) is 2.15. The van der Waals surface area contributed by atoms with E-state index < -0.39 is 0 Å². The molecule has 1 unspecified atom stereocenters. The van der Waals surface area contributed by atoms with Gasteiger partial charge in [-0.2, -0.15) is 0 Å². The van der Waals surface area contributed by atoms with Gasteiger partial charge in [0.15, 0.2) is 0 Å². The molecule has 0 saturated heterocycles. The Morgan fingerprint density at radius 3 is 2.40 bits per heavy atom. The van der Waals surface area contributed by atoms with E-state index in [9.17, 15) is 10.1 Å². The predicted molar refractivity (Wildman–Crippen MR) is 87.2 cm³/mol. The topological polar surface area (TPSA) is 43.1 Å². The summed E-state index contributed by atoms with van der Waals surface area (Å²) in [6, 6.07) is 15.0. The molecule has 0 bridgehead atoms. The van der Waals surface area contributed by atoms with Crippen LogP contribution in [0.15, 0.2) is 53.0 Å². The van der Waals surface area contributed by atoms with Crippen molar-refractivity contribution in [1.29, 1.82) is 0 Å². The highest BCUT2D eigenvalue weighted by Crippen LogP contribution is 2.30. The summed E-state index contributed by atoms with van der Waals surface area (Å²) in [6.07, 6.45) is 1.48. The molecule has 0 amide bonds. The fourth-order valence-corrected chi connectivity index (χ4v) is 2.82. The standard InChI is InChI=1S/C15H13Br2NO2/c16-13-8-5-11(6-9-13)14(17)10-7-12-3-1-2-4-15(12)18(19)20/h1-6,8-9,14H,7,10H2. The van der Waals surface area contributed by atoms with Crippen molar-refractivity contribution in [1.82, 2.24) is 0 Å². The summed E-state index contributed by atoms with van der Waals surface area (Å²) in [4.78, 5) is 10.8. The van der Waals surface area contributed by atoms with Crippen LogP contribution < -0.4 is 0 Å². The van der Waals surface area contributed by atoms with Crippen LogP contribution in [0.4, 0.5) is 5.69 Å². The van der Waals surface area contributed by atoms with Gasteiger partial charge in [0.1, 0.15) is 0 Å². The zero-order valence-electron chi connectivity index (χ0n) is 10.6. The third-order valence-corrected chi connectivity index (χ3v) is 4.60. The molecule has 0 aliphatic rings. The quantitative estimate of drug-likeness (QED) is 0.383. The molecule has 0 saturated carbocycles. The molecule has 0 aliphatic carbocycles. The molecular weight excluding hydrogens is 386 g/mol. The van der Waals surface area contributed by atoms with Gasteiger partial charge in [0, 0.05) is 20.9 Å². The molecule has 3 nitrogen and oxygen atoms in total. The van der Waals surface area contributed by atoms with Gasteiger partial charge in [-0.25, -0.2) is 0 Å². The van der Waals surface area contributed by atoms with Gasteiger partial charge in [-0.05, 0) is 30.5 Å². The van der Waals surface area contributed by atoms with Gasteiger partial charge in [0.2, 0.25) is 0 Å². The van der Waals surface area contributed by atoms with Gasteiger partial charge in [-0.15, -0.1) is 0 Å². The SMILES string of the molecule is O=[N+]([O-])c1ccccc1CCC(Br)c1ccc(Br)cc1. The van der Waals surface area contributed by atoms with Crippen LogP contribution in [0.5, 0.6) is 0 Å². The second kappa shape index (κ2) is 6.99. The van der Waals surface area contributed by atoms with Crippen molar-refractivity contribution in [2.75, 3.05) is 0 Å². The van der Waals surface area contributed by atoms with Crippen molar-refractivity contribution < 1.29 is 4.92 Å². The maximum Gasteiger partial charge on any atom is 0.272 e. The Balaban J connectivity index is 2.05. The number of nitro groups is 1. The van der Waals surface area contributed by atoms with Crippen molar-refractivity contribution in [3.8, 4) is 0 Å². The number of alkyl halides is 1. The van der Waals surface area contributed by atoms with E-state index in [1.54, 1.807) is 12.1 Å². The van der Waals surface area contributed by atoms with Crippen molar-refractivity contribution in [2.45, 2.75) is 17.7 Å². The number of hydrogen-bond acceptors (Lipinski definition) is 2. The first-order chi connectivity index (χ1) is 9.58. The van der Waals surface area contributed by atoms with Crippen LogP contribution in [0.2, 0.25) is 0 Å². The molecule has 0 fully saturated rings. The van der Waals surface area contributed by atoms with E-state index in [2.05, 4.69) is 31.9 Å². The van der Waals surface area contributed by atoms with E-state index in [-0.39, 0.29) is 15.4 Å². The number of hydrogen-bond donors (Lipinski definition) is 0. The Morgan fingerprint density at radius 2 is 1.75 bits per heavy atom. The van der Waals surface area contributed by atoms with Crippen LogP contribution in [0.1, 0.15) is 22.4 Å². The minimum Gasteiger partial charge on any atom is -0.258 e. The summed E-state index contributed by atoms with van der Waals surface area (Å²) in [5.74, 6) is 0. The minimum atomic E-state index is -0.321. The van der Waals surface area contributed by atoms with Crippen LogP contribution in [-0.4, -0.2) is 4.92 Å². The van der Waals surface area contributed by atoms with Crippen LogP contribution in [0.25, 0.3) is 0 Å². The number of benzene rings is 2. The lowest BCUT2D eigenvalue weighted by Gasteiger charge is -2.10. The lowest BCUT2D eigenvalue weighted by atomic mass is 10.0. The Morgan fingerprint density at radius 1 is 1.10 bits per heavy atom. The van der Waals surface area contributed by atoms with Gasteiger partial charge in [0.05, 0.1) is 4.92 Å². The molecular formula is C15H13Br2NO2. The average Bonchev–Trinajstić information content (AvgIpc) is 2.45. The van der Waals surface area contributed by atoms with E-state index in [1.165, 1.54) is 5.56 Å². The van der Waals surface area contributed by atoms with Crippen molar-refractivity contribution in [2.24, 2.45) is 0 Å². The number of nitrogens with zero attached hydrogens (tertiary/aromatic N) is 1. The van der Waals surface area contributed by atoms with E-state index in [1.807, 2.05) is 36.4 Å². The van der Waals surface area contributed by atoms with E-state index in [0.717, 1.165) is 16.5 Å². The Kier molecular flexibility index (Phi) is 5.31. The molecule has 0 aromatic heterocycles. The third kappa shape index (κ3) is 3.90. The minimum absolute atomic E-state index is 0.190. The first kappa shape index (κ1) is 15.2. The van der Waals surface area contributed by atoms with Gasteiger partial charge >= 0.3 is 0 Å². The zero-order chi connectivity index (χ0) is 14.5. The molecule has 20 heavy (non-hydrogen) atoms. The molecule has 0 spiro atoms. The molecule has 2 rings (SSSR count). The summed E-state index contributed by atoms with van der Waals surface area (Å²) in [7, 11) is 0. The van der Waals surface area contributed by atoms with Crippen LogP contribution in [-0.2, 0) is 6.42 Å². The Labute approximate surface area is 134 Å². The second-order valence-electron chi connectivity index (χ2n) is 4.44. The molecule has 0 aliphatic heterocycles. The largest absolute Gasteiger partial charge is 0.272 e. The molecule has 1 atom stereocenters. The summed E-state index contributed by atoms with van der Waals surface area (Å²) in [5, 5.41) is 11.0. The van der Waals surface area contributed by atoms with Crippen LogP contribution >= 0.6 is 31.9 Å². The highest BCUT2D eigenvalue weighted by atomic mass is 79.9. The monoisotopic (exact) mass is 397 g/mol. The number of nitro benzene ring substituents is 1. The summed E-state index contributed by atoms with van der Waals surface area (Å²) < 4.78 is 1.04. The highest BCUT2D eigenvalue weighted by molar-refractivity contribution is 9.10. The Bertz CT molecular complexity index is 599. The predicted octanol–water partition coefficient (Wildman–Crippen LogP) is 5.43. The second-order valence-corrected chi connectivity index (χ2v) is 6.46. The lowest BCUT2D eigenvalue weighted by Crippen LogP contribution is -1.98. The molecule has 5 heteroatoms. The smallest absolute Gasteiger partial charge is 0.258 e. The average molecular weight is 399 g/mol. The zero-order valence-corrected chi connectivity index (χ0v) is 13.8. The maximum absolute atomic E-state index is 11.0. The Hall–Kier alpha value is -1.20. The van der Waals surface area contributed by atoms with E-state index >= 15 is 0 Å². The fraction of sp³-hybridized carbons (Fsp3) is 0.200. The maximum atomic E-state index is 11.0. The van der Waals surface area contributed by atoms with Gasteiger partial charge in [-0.3, -0.25) is 10.1 Å². The summed E-state index contributed by atoms with van der Waals surface area (Å²) in [6.45, 7) is 0. The van der Waals surface area contributed by atoms with Crippen molar-refractivity contribution in [3.05, 3.63) is 74.2 Å². The molecule has 0 heterocycles. The fourth-order valence-electron chi connectivity index (χ4n) is 2.02. The normalized spacial score (nSPS) is 12.1. The van der Waals surface area contributed by atoms with Crippen molar-refractivity contribution >= 4 is 37.5 Å². The third-order valence-electron chi connectivity index (χ3n) is 3.09. The molecule has 2 aromatic carbocycles. The molecule has 2 aromatic rings. The van der Waals surface area contributed by atoms with Crippen LogP contribution in [0.3, 0.4) is 0 Å². The van der Waals surface area contributed by atoms with Crippen LogP contribution in [0, 0.1) is 10.1 Å². The highest BCUT2D eigenvalue weighted by Gasteiger charge is 2.14. The molecule has 104 valence electrons. The van der Waals surface area contributed by atoms with Crippen molar-refractivity contribution in [3.63, 3.8) is 0 Å². The first-order valence-corrected chi connectivity index (χ1v) is 7.90. The number of rotatable bonds is 5. The summed E-state index contributed by atoms with van der Waals surface area (Å²) >= 11 is 7.05. The number of aryl methyl sites for hydroxylation is 1. The lowest BCUT2D eigenvalue weighted by molar-refractivity contribution is -0.385. The van der Waals surface area contributed by atoms with Gasteiger partial charge in [-0.1, -0.05) is 62.2 Å². The molecule has 0 N–H and O–H groups in total. The number of halogens is 2. The first-order valence-electron chi connectivity index (χ1n) is 6.20. The molecule has 0 radical (unpaired) electrons. The number of para-hydroxylation sites is 1. The van der Waals surface area contributed by atoms with Gasteiger partial charge < -0.3 is 0 Å². The van der Waals surface area contributed by atoms with Gasteiger partial charge in [0.25, 0.3) is 5.69 Å². The van der Waals surface area contributed by atoms with E-state index in [0.29, 0.717) is 6.42 Å². The van der Waals surface area contributed by atoms with E-state index in [4.69, 9.17) is 0 Å².